The van der Waals surface area contributed by atoms with Gasteiger partial charge in [0.25, 0.3) is 5.91 Å². The number of carbonyl (C=O) groups excluding carboxylic acids is 1. The largest absolute Gasteiger partial charge is 0.416 e. The van der Waals surface area contributed by atoms with Crippen LogP contribution in [0, 0.1) is 13.8 Å². The van der Waals surface area contributed by atoms with Gasteiger partial charge in [-0.25, -0.2) is 17.8 Å². The van der Waals surface area contributed by atoms with Gasteiger partial charge >= 0.3 is 6.18 Å². The number of aromatic nitrogens is 2. The molecule has 0 radical (unpaired) electrons. The van der Waals surface area contributed by atoms with Crippen molar-refractivity contribution in [3.63, 3.8) is 0 Å². The lowest BCUT2D eigenvalue weighted by Gasteiger charge is -2.16. The van der Waals surface area contributed by atoms with Crippen LogP contribution in [-0.4, -0.2) is 30.7 Å². The van der Waals surface area contributed by atoms with E-state index in [1.807, 2.05) is 0 Å². The number of hydrogen-bond donors (Lipinski definition) is 2. The van der Waals surface area contributed by atoms with E-state index in [0.717, 1.165) is 6.07 Å². The molecule has 7 nitrogen and oxygen atoms in total. The van der Waals surface area contributed by atoms with Gasteiger partial charge in [-0.05, 0) is 61.9 Å². The number of nitrogens with zero attached hydrogens (tertiary/aromatic N) is 2. The van der Waals surface area contributed by atoms with E-state index in [1.54, 1.807) is 19.9 Å². The average Bonchev–Trinajstić information content (AvgIpc) is 3.13. The van der Waals surface area contributed by atoms with Gasteiger partial charge in [0.05, 0.1) is 21.8 Å². The fraction of sp³-hybridized carbons (Fsp3) is 0.217. The number of rotatable bonds is 8. The molecule has 180 valence electrons. The molecule has 0 bridgehead atoms. The van der Waals surface area contributed by atoms with E-state index in [9.17, 15) is 26.4 Å². The van der Waals surface area contributed by atoms with Crippen LogP contribution in [0.3, 0.4) is 0 Å². The lowest BCUT2D eigenvalue weighted by Crippen LogP contribution is -2.25. The molecule has 3 aromatic rings. The Morgan fingerprint density at radius 2 is 1.79 bits per heavy atom. The second-order valence-electron chi connectivity index (χ2n) is 7.53. The van der Waals surface area contributed by atoms with E-state index in [2.05, 4.69) is 21.7 Å². The third kappa shape index (κ3) is 5.72. The van der Waals surface area contributed by atoms with E-state index in [-0.39, 0.29) is 34.8 Å². The normalized spacial score (nSPS) is 11.9. The van der Waals surface area contributed by atoms with E-state index < -0.39 is 27.7 Å². The molecule has 0 fully saturated rings. The predicted molar refractivity (Wildman–Crippen MR) is 121 cm³/mol. The van der Waals surface area contributed by atoms with Gasteiger partial charge in [-0.3, -0.25) is 4.79 Å². The van der Waals surface area contributed by atoms with Gasteiger partial charge < -0.3 is 5.32 Å². The molecule has 0 aliphatic rings. The summed E-state index contributed by atoms with van der Waals surface area (Å²) in [6, 6.07) is 10.6. The zero-order chi connectivity index (χ0) is 25.1. The second-order valence-corrected chi connectivity index (χ2v) is 9.29. The number of alkyl halides is 3. The van der Waals surface area contributed by atoms with Gasteiger partial charge in [-0.1, -0.05) is 12.1 Å². The van der Waals surface area contributed by atoms with Crippen molar-refractivity contribution in [1.82, 2.24) is 19.8 Å². The predicted octanol–water partition coefficient (Wildman–Crippen LogP) is 3.90. The van der Waals surface area contributed by atoms with Crippen LogP contribution in [0.15, 0.2) is 66.1 Å². The zero-order valence-electron chi connectivity index (χ0n) is 18.5. The van der Waals surface area contributed by atoms with Gasteiger partial charge in [-0.15, -0.1) is 6.58 Å². The Balaban J connectivity index is 1.78. The molecule has 0 saturated carbocycles. The second kappa shape index (κ2) is 9.82. The van der Waals surface area contributed by atoms with Gasteiger partial charge in [0.15, 0.2) is 0 Å². The van der Waals surface area contributed by atoms with Crippen molar-refractivity contribution in [3.05, 3.63) is 89.3 Å². The molecule has 1 amide bonds. The first-order valence-electron chi connectivity index (χ1n) is 10.1. The van der Waals surface area contributed by atoms with Crippen LogP contribution in [0.1, 0.15) is 32.9 Å². The van der Waals surface area contributed by atoms with Gasteiger partial charge in [-0.2, -0.15) is 18.3 Å². The number of halogens is 3. The summed E-state index contributed by atoms with van der Waals surface area (Å²) in [6.07, 6.45) is -3.25. The lowest BCUT2D eigenvalue weighted by atomic mass is 10.1. The number of carbonyl (C=O) groups is 1. The van der Waals surface area contributed by atoms with Crippen molar-refractivity contribution in [2.45, 2.75) is 31.5 Å². The minimum Gasteiger partial charge on any atom is -0.348 e. The number of nitrogens with one attached hydrogen (secondary N) is 2. The highest BCUT2D eigenvalue weighted by Gasteiger charge is 2.34. The summed E-state index contributed by atoms with van der Waals surface area (Å²) in [4.78, 5) is 12.4. The number of hydrogen-bond acceptors (Lipinski definition) is 4. The maximum Gasteiger partial charge on any atom is 0.416 e. The van der Waals surface area contributed by atoms with E-state index in [4.69, 9.17) is 0 Å². The van der Waals surface area contributed by atoms with Crippen LogP contribution in [0.2, 0.25) is 0 Å². The van der Waals surface area contributed by atoms with Gasteiger partial charge in [0.1, 0.15) is 0 Å². The van der Waals surface area contributed by atoms with Gasteiger partial charge in [0, 0.05) is 24.3 Å². The highest BCUT2D eigenvalue weighted by atomic mass is 32.2. The molecule has 34 heavy (non-hydrogen) atoms. The molecule has 2 N–H and O–H groups in total. The Kier molecular flexibility index (Phi) is 7.27. The summed E-state index contributed by atoms with van der Waals surface area (Å²) >= 11 is 0. The van der Waals surface area contributed by atoms with Crippen LogP contribution in [-0.2, 0) is 22.7 Å². The SMILES string of the molecule is C=CCNS(=O)(=O)c1ccc(C(=O)NCc2ccc(-n3nc(C)cc3C)cc2C(F)(F)F)cc1. The summed E-state index contributed by atoms with van der Waals surface area (Å²) in [6.45, 7) is 6.60. The van der Waals surface area contributed by atoms with Crippen molar-refractivity contribution in [2.75, 3.05) is 6.54 Å². The summed E-state index contributed by atoms with van der Waals surface area (Å²) in [5.74, 6) is -0.640. The summed E-state index contributed by atoms with van der Waals surface area (Å²) in [7, 11) is -3.76. The fourth-order valence-corrected chi connectivity index (χ4v) is 4.32. The minimum absolute atomic E-state index is 0.0461. The molecular weight excluding hydrogens is 469 g/mol. The molecule has 0 saturated heterocycles. The molecule has 1 heterocycles. The van der Waals surface area contributed by atoms with Crippen LogP contribution >= 0.6 is 0 Å². The molecule has 0 aliphatic heterocycles. The monoisotopic (exact) mass is 492 g/mol. The van der Waals surface area contributed by atoms with Crippen molar-refractivity contribution in [2.24, 2.45) is 0 Å². The Labute approximate surface area is 195 Å². The standard InChI is InChI=1S/C23H23F3N4O3S/c1-4-11-28-34(32,33)20-9-6-17(7-10-20)22(31)27-14-18-5-8-19(13-21(18)23(24,25)26)30-16(3)12-15(2)29-30/h4-10,12-13,28H,1,11,14H2,2-3H3,(H,27,31). The first-order chi connectivity index (χ1) is 15.9. The minimum atomic E-state index is -4.64. The molecule has 1 aromatic heterocycles. The molecule has 0 atom stereocenters. The third-order valence-corrected chi connectivity index (χ3v) is 6.38. The van der Waals surface area contributed by atoms with Crippen molar-refractivity contribution in [1.29, 1.82) is 0 Å². The number of sulfonamides is 1. The molecular formula is C23H23F3N4O3S. The quantitative estimate of drug-likeness (QED) is 0.467. The van der Waals surface area contributed by atoms with Crippen LogP contribution in [0.25, 0.3) is 5.69 Å². The summed E-state index contributed by atoms with van der Waals surface area (Å²) < 4.78 is 69.1. The number of benzene rings is 2. The maximum absolute atomic E-state index is 13.7. The molecule has 2 aromatic carbocycles. The number of aryl methyl sites for hydroxylation is 2. The fourth-order valence-electron chi connectivity index (χ4n) is 3.32. The summed E-state index contributed by atoms with van der Waals surface area (Å²) in [5, 5.41) is 6.67. The number of amides is 1. The van der Waals surface area contributed by atoms with Crippen LogP contribution < -0.4 is 10.0 Å². The molecule has 0 unspecified atom stereocenters. The van der Waals surface area contributed by atoms with Crippen molar-refractivity contribution in [3.8, 4) is 5.69 Å². The first-order valence-corrected chi connectivity index (χ1v) is 11.6. The maximum atomic E-state index is 13.7. The van der Waals surface area contributed by atoms with Gasteiger partial charge in [0.2, 0.25) is 10.0 Å². The Hall–Kier alpha value is -3.44. The Morgan fingerprint density at radius 1 is 1.12 bits per heavy atom. The molecule has 11 heteroatoms. The van der Waals surface area contributed by atoms with Crippen molar-refractivity contribution >= 4 is 15.9 Å². The van der Waals surface area contributed by atoms with E-state index in [1.165, 1.54) is 47.2 Å². The van der Waals surface area contributed by atoms with E-state index >= 15 is 0 Å². The molecule has 0 aliphatic carbocycles. The highest BCUT2D eigenvalue weighted by molar-refractivity contribution is 7.89. The molecule has 0 spiro atoms. The summed E-state index contributed by atoms with van der Waals surface area (Å²) in [5.41, 5.74) is 0.742. The zero-order valence-corrected chi connectivity index (χ0v) is 19.3. The Bertz CT molecular complexity index is 1310. The molecule has 3 rings (SSSR count). The Morgan fingerprint density at radius 3 is 2.35 bits per heavy atom. The van der Waals surface area contributed by atoms with Crippen LogP contribution in [0.5, 0.6) is 0 Å². The third-order valence-electron chi connectivity index (χ3n) is 4.94. The average molecular weight is 493 g/mol. The smallest absolute Gasteiger partial charge is 0.348 e. The highest BCUT2D eigenvalue weighted by Crippen LogP contribution is 2.33. The topological polar surface area (TPSA) is 93.1 Å². The van der Waals surface area contributed by atoms with Crippen LogP contribution in [0.4, 0.5) is 13.2 Å². The lowest BCUT2D eigenvalue weighted by molar-refractivity contribution is -0.138. The van der Waals surface area contributed by atoms with E-state index in [0.29, 0.717) is 11.4 Å². The first kappa shape index (κ1) is 25.2. The van der Waals surface area contributed by atoms with Crippen molar-refractivity contribution < 1.29 is 26.4 Å².